The Hall–Kier alpha value is -2.09. The average Bonchev–Trinajstić information content (AvgIpc) is 3.15. The van der Waals surface area contributed by atoms with E-state index in [1.807, 2.05) is 45.4 Å². The molecule has 2 aromatic heterocycles. The third-order valence-electron chi connectivity index (χ3n) is 4.10. The minimum absolute atomic E-state index is 0.0432. The summed E-state index contributed by atoms with van der Waals surface area (Å²) in [5, 5.41) is 16.9. The summed E-state index contributed by atoms with van der Waals surface area (Å²) in [5.41, 5.74) is 3.83. The predicted molar refractivity (Wildman–Crippen MR) is 114 cm³/mol. The van der Waals surface area contributed by atoms with Gasteiger partial charge in [-0.25, -0.2) is 0 Å². The summed E-state index contributed by atoms with van der Waals surface area (Å²) in [4.78, 5) is 0. The van der Waals surface area contributed by atoms with E-state index in [-0.39, 0.29) is 6.04 Å². The molecule has 0 radical (unpaired) electrons. The van der Waals surface area contributed by atoms with Gasteiger partial charge >= 0.3 is 0 Å². The molecule has 27 heavy (non-hydrogen) atoms. The van der Waals surface area contributed by atoms with Crippen LogP contribution in [0.3, 0.4) is 0 Å². The van der Waals surface area contributed by atoms with E-state index < -0.39 is 0 Å². The standard InChI is InChI=1S/C18H20Cl2N6S/c1-11(16-10-25(3)24-12(16)2)22-18(27)23-15-7-21-26(9-15)8-13-4-5-14(19)6-17(13)20/h4-7,9-11H,8H2,1-3H3,(H2,22,23,27). The summed E-state index contributed by atoms with van der Waals surface area (Å²) >= 11 is 17.6. The topological polar surface area (TPSA) is 59.7 Å². The van der Waals surface area contributed by atoms with Crippen molar-refractivity contribution in [1.29, 1.82) is 0 Å². The Labute approximate surface area is 173 Å². The number of halogens is 2. The quantitative estimate of drug-likeness (QED) is 0.599. The molecule has 9 heteroatoms. The largest absolute Gasteiger partial charge is 0.356 e. The van der Waals surface area contributed by atoms with E-state index >= 15 is 0 Å². The van der Waals surface area contributed by atoms with Gasteiger partial charge in [0.25, 0.3) is 0 Å². The van der Waals surface area contributed by atoms with Gasteiger partial charge in [-0.2, -0.15) is 10.2 Å². The number of anilines is 1. The lowest BCUT2D eigenvalue weighted by atomic mass is 10.1. The third kappa shape index (κ3) is 5.00. The maximum Gasteiger partial charge on any atom is 0.171 e. The van der Waals surface area contributed by atoms with Crippen LogP contribution in [-0.4, -0.2) is 24.7 Å². The summed E-state index contributed by atoms with van der Waals surface area (Å²) in [6.45, 7) is 4.57. The second-order valence-electron chi connectivity index (χ2n) is 6.33. The summed E-state index contributed by atoms with van der Waals surface area (Å²) in [6.07, 6.45) is 5.58. The zero-order valence-electron chi connectivity index (χ0n) is 15.2. The van der Waals surface area contributed by atoms with Crippen molar-refractivity contribution in [1.82, 2.24) is 24.9 Å². The van der Waals surface area contributed by atoms with E-state index in [1.165, 1.54) is 0 Å². The summed E-state index contributed by atoms with van der Waals surface area (Å²) < 4.78 is 3.58. The van der Waals surface area contributed by atoms with Crippen molar-refractivity contribution in [3.8, 4) is 0 Å². The van der Waals surface area contributed by atoms with Crippen LogP contribution in [-0.2, 0) is 13.6 Å². The molecule has 0 bridgehead atoms. The molecule has 2 N–H and O–H groups in total. The number of thiocarbonyl (C=S) groups is 1. The monoisotopic (exact) mass is 422 g/mol. The average molecular weight is 423 g/mol. The maximum atomic E-state index is 6.22. The number of aromatic nitrogens is 4. The predicted octanol–water partition coefficient (Wildman–Crippen LogP) is 4.33. The van der Waals surface area contributed by atoms with Gasteiger partial charge in [-0.3, -0.25) is 9.36 Å². The highest BCUT2D eigenvalue weighted by Gasteiger charge is 2.13. The Bertz CT molecular complexity index is 965. The molecule has 0 aliphatic heterocycles. The zero-order valence-corrected chi connectivity index (χ0v) is 17.5. The van der Waals surface area contributed by atoms with Crippen LogP contribution in [0.1, 0.15) is 29.8 Å². The van der Waals surface area contributed by atoms with Gasteiger partial charge in [-0.15, -0.1) is 0 Å². The van der Waals surface area contributed by atoms with Crippen molar-refractivity contribution >= 4 is 46.2 Å². The molecule has 142 valence electrons. The van der Waals surface area contributed by atoms with Gasteiger partial charge in [-0.05, 0) is 43.8 Å². The highest BCUT2D eigenvalue weighted by molar-refractivity contribution is 7.80. The van der Waals surface area contributed by atoms with Crippen LogP contribution < -0.4 is 10.6 Å². The number of nitrogens with one attached hydrogen (secondary N) is 2. The van der Waals surface area contributed by atoms with E-state index in [0.29, 0.717) is 21.7 Å². The first-order chi connectivity index (χ1) is 12.8. The van der Waals surface area contributed by atoms with Gasteiger partial charge in [0.15, 0.2) is 5.11 Å². The summed E-state index contributed by atoms with van der Waals surface area (Å²) in [5.74, 6) is 0. The molecule has 3 rings (SSSR count). The number of nitrogens with zero attached hydrogens (tertiary/aromatic N) is 4. The molecule has 1 atom stereocenters. The summed E-state index contributed by atoms with van der Waals surface area (Å²) in [7, 11) is 1.90. The molecule has 2 heterocycles. The van der Waals surface area contributed by atoms with Crippen LogP contribution in [0.25, 0.3) is 0 Å². The fourth-order valence-corrected chi connectivity index (χ4v) is 3.59. The smallest absolute Gasteiger partial charge is 0.171 e. The Balaban J connectivity index is 1.60. The first-order valence-corrected chi connectivity index (χ1v) is 9.52. The Morgan fingerprint density at radius 3 is 2.74 bits per heavy atom. The van der Waals surface area contributed by atoms with Crippen LogP contribution in [0.4, 0.5) is 5.69 Å². The molecule has 0 aliphatic carbocycles. The number of rotatable bonds is 5. The van der Waals surface area contributed by atoms with E-state index in [2.05, 4.69) is 20.8 Å². The number of aryl methyl sites for hydroxylation is 2. The van der Waals surface area contributed by atoms with Crippen molar-refractivity contribution in [2.24, 2.45) is 7.05 Å². The van der Waals surface area contributed by atoms with Crippen molar-refractivity contribution < 1.29 is 0 Å². The van der Waals surface area contributed by atoms with Gasteiger partial charge in [0.05, 0.1) is 30.2 Å². The van der Waals surface area contributed by atoms with Crippen molar-refractivity contribution in [2.45, 2.75) is 26.4 Å². The van der Waals surface area contributed by atoms with E-state index in [9.17, 15) is 0 Å². The lowest BCUT2D eigenvalue weighted by molar-refractivity contribution is 0.687. The van der Waals surface area contributed by atoms with Gasteiger partial charge in [0.2, 0.25) is 0 Å². The Kier molecular flexibility index (Phi) is 6.04. The molecular formula is C18H20Cl2N6S. The molecule has 0 amide bonds. The molecule has 1 unspecified atom stereocenters. The van der Waals surface area contributed by atoms with Gasteiger partial charge in [0.1, 0.15) is 0 Å². The second-order valence-corrected chi connectivity index (χ2v) is 7.58. The molecule has 0 saturated heterocycles. The maximum absolute atomic E-state index is 6.22. The van der Waals surface area contributed by atoms with E-state index in [1.54, 1.807) is 21.6 Å². The van der Waals surface area contributed by atoms with Crippen LogP contribution in [0.5, 0.6) is 0 Å². The second kappa shape index (κ2) is 8.29. The van der Waals surface area contributed by atoms with Crippen LogP contribution in [0.15, 0.2) is 36.8 Å². The number of hydrogen-bond donors (Lipinski definition) is 2. The lowest BCUT2D eigenvalue weighted by Crippen LogP contribution is -2.30. The SMILES string of the molecule is Cc1nn(C)cc1C(C)NC(=S)Nc1cnn(Cc2ccc(Cl)cc2Cl)c1. The van der Waals surface area contributed by atoms with Crippen molar-refractivity contribution in [3.63, 3.8) is 0 Å². The minimum atomic E-state index is 0.0432. The molecule has 0 saturated carbocycles. The molecule has 6 nitrogen and oxygen atoms in total. The number of benzene rings is 1. The minimum Gasteiger partial charge on any atom is -0.356 e. The number of hydrogen-bond acceptors (Lipinski definition) is 3. The highest BCUT2D eigenvalue weighted by atomic mass is 35.5. The Morgan fingerprint density at radius 2 is 2.07 bits per heavy atom. The lowest BCUT2D eigenvalue weighted by Gasteiger charge is -2.15. The zero-order chi connectivity index (χ0) is 19.6. The third-order valence-corrected chi connectivity index (χ3v) is 4.91. The van der Waals surface area contributed by atoms with Gasteiger partial charge in [-0.1, -0.05) is 29.3 Å². The molecule has 1 aromatic carbocycles. The molecule has 0 fully saturated rings. The molecule has 3 aromatic rings. The first-order valence-electron chi connectivity index (χ1n) is 8.36. The van der Waals surface area contributed by atoms with Crippen LogP contribution in [0.2, 0.25) is 10.0 Å². The summed E-state index contributed by atoms with van der Waals surface area (Å²) in [6, 6.07) is 5.47. The van der Waals surface area contributed by atoms with Gasteiger partial charge in [0, 0.05) is 35.1 Å². The fraction of sp³-hybridized carbons (Fsp3) is 0.278. The molecular weight excluding hydrogens is 403 g/mol. The van der Waals surface area contributed by atoms with E-state index in [0.717, 1.165) is 22.5 Å². The van der Waals surface area contributed by atoms with E-state index in [4.69, 9.17) is 35.4 Å². The molecule has 0 spiro atoms. The molecule has 0 aliphatic rings. The fourth-order valence-electron chi connectivity index (χ4n) is 2.82. The first kappa shape index (κ1) is 19.7. The van der Waals surface area contributed by atoms with Gasteiger partial charge < -0.3 is 10.6 Å². The van der Waals surface area contributed by atoms with Crippen LogP contribution in [0, 0.1) is 6.92 Å². The van der Waals surface area contributed by atoms with Crippen molar-refractivity contribution in [3.05, 3.63) is 63.7 Å². The van der Waals surface area contributed by atoms with Crippen LogP contribution >= 0.6 is 35.4 Å². The van der Waals surface area contributed by atoms with Crippen molar-refractivity contribution in [2.75, 3.05) is 5.32 Å². The highest BCUT2D eigenvalue weighted by Crippen LogP contribution is 2.22. The normalized spacial score (nSPS) is 12.0. The Morgan fingerprint density at radius 1 is 1.30 bits per heavy atom.